The zero-order chi connectivity index (χ0) is 23.1. The van der Waals surface area contributed by atoms with E-state index in [-0.39, 0.29) is 24.1 Å². The highest BCUT2D eigenvalue weighted by Gasteiger charge is 2.20. The Labute approximate surface area is 197 Å². The third kappa shape index (κ3) is 6.07. The standard InChI is InChI=1S/C27H28BrFN2O/c1-4-22(19-10-6-5-7-11-19)23-15-21(28)16-25(27(23)30-17-18(2)3)31-26(32)14-20-12-8-9-13-24(20)29/h4-13,15-16,18,22,30H,1,14,17H2,2-3H3,(H,31,32). The van der Waals surface area contributed by atoms with Crippen molar-refractivity contribution in [1.82, 2.24) is 0 Å². The van der Waals surface area contributed by atoms with Gasteiger partial charge in [-0.15, -0.1) is 6.58 Å². The molecule has 32 heavy (non-hydrogen) atoms. The van der Waals surface area contributed by atoms with Crippen molar-refractivity contribution in [2.75, 3.05) is 17.2 Å². The minimum Gasteiger partial charge on any atom is -0.383 e. The van der Waals surface area contributed by atoms with Crippen LogP contribution in [0.2, 0.25) is 0 Å². The molecule has 0 aliphatic heterocycles. The fourth-order valence-electron chi connectivity index (χ4n) is 3.59. The summed E-state index contributed by atoms with van der Waals surface area (Å²) < 4.78 is 14.9. The Morgan fingerprint density at radius 1 is 1.09 bits per heavy atom. The average Bonchev–Trinajstić information content (AvgIpc) is 2.76. The van der Waals surface area contributed by atoms with Gasteiger partial charge in [0.2, 0.25) is 5.91 Å². The predicted molar refractivity (Wildman–Crippen MR) is 135 cm³/mol. The molecule has 1 unspecified atom stereocenters. The number of nitrogens with one attached hydrogen (secondary N) is 2. The monoisotopic (exact) mass is 494 g/mol. The average molecular weight is 495 g/mol. The van der Waals surface area contributed by atoms with E-state index in [0.717, 1.165) is 27.8 Å². The molecule has 0 aliphatic rings. The quantitative estimate of drug-likeness (QED) is 0.310. The number of carbonyl (C=O) groups excluding carboxylic acids is 1. The van der Waals surface area contributed by atoms with Crippen molar-refractivity contribution in [3.8, 4) is 0 Å². The van der Waals surface area contributed by atoms with Gasteiger partial charge in [-0.2, -0.15) is 0 Å². The number of hydrogen-bond acceptors (Lipinski definition) is 2. The van der Waals surface area contributed by atoms with Gasteiger partial charge in [-0.05, 0) is 40.8 Å². The number of hydrogen-bond donors (Lipinski definition) is 2. The van der Waals surface area contributed by atoms with E-state index in [1.54, 1.807) is 18.2 Å². The third-order valence-corrected chi connectivity index (χ3v) is 5.59. The molecular weight excluding hydrogens is 467 g/mol. The second-order valence-corrected chi connectivity index (χ2v) is 9.05. The van der Waals surface area contributed by atoms with Gasteiger partial charge >= 0.3 is 0 Å². The first kappa shape index (κ1) is 23.7. The van der Waals surface area contributed by atoms with Crippen LogP contribution in [-0.2, 0) is 11.2 Å². The highest BCUT2D eigenvalue weighted by molar-refractivity contribution is 9.10. The number of carbonyl (C=O) groups is 1. The number of allylic oxidation sites excluding steroid dienone is 1. The first-order valence-corrected chi connectivity index (χ1v) is 11.5. The Hall–Kier alpha value is -2.92. The Balaban J connectivity index is 2.00. The van der Waals surface area contributed by atoms with E-state index < -0.39 is 0 Å². The second kappa shape index (κ2) is 11.1. The van der Waals surface area contributed by atoms with Crippen LogP contribution >= 0.6 is 15.9 Å². The lowest BCUT2D eigenvalue weighted by molar-refractivity contribution is -0.115. The Bertz CT molecular complexity index is 1080. The Morgan fingerprint density at radius 2 is 1.78 bits per heavy atom. The van der Waals surface area contributed by atoms with Crippen molar-refractivity contribution in [1.29, 1.82) is 0 Å². The van der Waals surface area contributed by atoms with E-state index in [4.69, 9.17) is 0 Å². The van der Waals surface area contributed by atoms with Gasteiger partial charge in [0, 0.05) is 16.9 Å². The van der Waals surface area contributed by atoms with Crippen LogP contribution in [0.3, 0.4) is 0 Å². The molecule has 0 aliphatic carbocycles. The summed E-state index contributed by atoms with van der Waals surface area (Å²) in [5, 5.41) is 6.51. The normalized spacial score (nSPS) is 11.8. The maximum absolute atomic E-state index is 14.0. The molecule has 1 atom stereocenters. The molecule has 3 aromatic carbocycles. The minimum absolute atomic E-state index is 0.0400. The SMILES string of the molecule is C=CC(c1ccccc1)c1cc(Br)cc(NC(=O)Cc2ccccc2F)c1NCC(C)C. The van der Waals surface area contributed by atoms with Gasteiger partial charge in [0.25, 0.3) is 0 Å². The van der Waals surface area contributed by atoms with Crippen LogP contribution in [0, 0.1) is 11.7 Å². The fourth-order valence-corrected chi connectivity index (χ4v) is 4.06. The van der Waals surface area contributed by atoms with E-state index in [1.165, 1.54) is 6.07 Å². The molecule has 1 amide bonds. The maximum Gasteiger partial charge on any atom is 0.228 e. The Morgan fingerprint density at radius 3 is 2.44 bits per heavy atom. The van der Waals surface area contributed by atoms with Crippen LogP contribution in [0.4, 0.5) is 15.8 Å². The van der Waals surface area contributed by atoms with Gasteiger partial charge < -0.3 is 10.6 Å². The Kier molecular flexibility index (Phi) is 8.23. The lowest BCUT2D eigenvalue weighted by Crippen LogP contribution is -2.19. The first-order chi connectivity index (χ1) is 15.4. The zero-order valence-corrected chi connectivity index (χ0v) is 20.0. The fraction of sp³-hybridized carbons (Fsp3) is 0.222. The van der Waals surface area contributed by atoms with Crippen LogP contribution < -0.4 is 10.6 Å². The minimum atomic E-state index is -0.383. The molecule has 3 aromatic rings. The molecule has 3 nitrogen and oxygen atoms in total. The smallest absolute Gasteiger partial charge is 0.228 e. The van der Waals surface area contributed by atoms with Crippen molar-refractivity contribution in [3.05, 3.63) is 106 Å². The molecule has 166 valence electrons. The summed E-state index contributed by atoms with van der Waals surface area (Å²) in [4.78, 5) is 12.8. The van der Waals surface area contributed by atoms with E-state index in [9.17, 15) is 9.18 Å². The van der Waals surface area contributed by atoms with E-state index in [1.807, 2.05) is 30.3 Å². The van der Waals surface area contributed by atoms with Crippen molar-refractivity contribution in [3.63, 3.8) is 0 Å². The van der Waals surface area contributed by atoms with Crippen LogP contribution in [0.5, 0.6) is 0 Å². The molecule has 0 heterocycles. The molecule has 5 heteroatoms. The van der Waals surface area contributed by atoms with Crippen LogP contribution in [-0.4, -0.2) is 12.5 Å². The molecular formula is C27H28BrFN2O. The van der Waals surface area contributed by atoms with Gasteiger partial charge in [-0.3, -0.25) is 4.79 Å². The molecule has 0 radical (unpaired) electrons. The van der Waals surface area contributed by atoms with E-state index in [0.29, 0.717) is 17.2 Å². The summed E-state index contributed by atoms with van der Waals surface area (Å²) >= 11 is 3.59. The van der Waals surface area contributed by atoms with Crippen LogP contribution in [0.25, 0.3) is 0 Å². The summed E-state index contributed by atoms with van der Waals surface area (Å²) in [5.74, 6) is -0.314. The van der Waals surface area contributed by atoms with Gasteiger partial charge in [0.05, 0.1) is 17.8 Å². The van der Waals surface area contributed by atoms with Crippen molar-refractivity contribution < 1.29 is 9.18 Å². The molecule has 0 saturated carbocycles. The molecule has 2 N–H and O–H groups in total. The molecule has 0 fully saturated rings. The summed E-state index contributed by atoms with van der Waals surface area (Å²) in [6.07, 6.45) is 1.87. The highest BCUT2D eigenvalue weighted by atomic mass is 79.9. The number of benzene rings is 3. The van der Waals surface area contributed by atoms with Crippen LogP contribution in [0.15, 0.2) is 83.9 Å². The molecule has 0 spiro atoms. The van der Waals surface area contributed by atoms with Gasteiger partial charge in [-0.1, -0.05) is 84.4 Å². The lowest BCUT2D eigenvalue weighted by Gasteiger charge is -2.23. The number of rotatable bonds is 9. The number of halogens is 2. The largest absolute Gasteiger partial charge is 0.383 e. The molecule has 0 aromatic heterocycles. The van der Waals surface area contributed by atoms with Crippen LogP contribution in [0.1, 0.15) is 36.5 Å². The first-order valence-electron chi connectivity index (χ1n) is 10.7. The lowest BCUT2D eigenvalue weighted by atomic mass is 9.89. The maximum atomic E-state index is 14.0. The van der Waals surface area contributed by atoms with E-state index in [2.05, 4.69) is 65.2 Å². The van der Waals surface area contributed by atoms with Crippen molar-refractivity contribution in [2.45, 2.75) is 26.2 Å². The topological polar surface area (TPSA) is 41.1 Å². The van der Waals surface area contributed by atoms with Crippen molar-refractivity contribution in [2.24, 2.45) is 5.92 Å². The molecule has 0 bridgehead atoms. The molecule has 0 saturated heterocycles. The summed E-state index contributed by atoms with van der Waals surface area (Å²) in [7, 11) is 0. The summed E-state index contributed by atoms with van der Waals surface area (Å²) in [6.45, 7) is 9.06. The number of amides is 1. The van der Waals surface area contributed by atoms with Gasteiger partial charge in [0.15, 0.2) is 0 Å². The summed E-state index contributed by atoms with van der Waals surface area (Å²) in [6, 6.07) is 20.4. The third-order valence-electron chi connectivity index (χ3n) is 5.13. The van der Waals surface area contributed by atoms with Crippen molar-refractivity contribution >= 4 is 33.2 Å². The molecule has 3 rings (SSSR count). The predicted octanol–water partition coefficient (Wildman–Crippen LogP) is 7.16. The zero-order valence-electron chi connectivity index (χ0n) is 18.4. The highest BCUT2D eigenvalue weighted by Crippen LogP contribution is 2.39. The van der Waals surface area contributed by atoms with Gasteiger partial charge in [0.1, 0.15) is 5.82 Å². The van der Waals surface area contributed by atoms with Gasteiger partial charge in [-0.25, -0.2) is 4.39 Å². The second-order valence-electron chi connectivity index (χ2n) is 8.13. The van der Waals surface area contributed by atoms with E-state index >= 15 is 0 Å². The summed E-state index contributed by atoms with van der Waals surface area (Å²) in [5.41, 5.74) is 3.97. The number of anilines is 2.